The number of rotatable bonds is 12. The molecular weight excluding hydrogens is 1350 g/mol. The number of ether oxygens (including phenoxy) is 1. The molecule has 0 aliphatic carbocycles. The molecule has 12 N–H and O–H groups in total. The van der Waals surface area contributed by atoms with Gasteiger partial charge in [-0.3, -0.25) is 47.9 Å². The number of carbonyl (C=O) groups is 10. The molecule has 32 heteroatoms. The van der Waals surface area contributed by atoms with E-state index in [0.29, 0.717) is 46.0 Å². The van der Waals surface area contributed by atoms with E-state index in [0.717, 1.165) is 42.3 Å². The second-order valence-electron chi connectivity index (χ2n) is 24.6. The zero-order valence-corrected chi connectivity index (χ0v) is 56.2. The van der Waals surface area contributed by atoms with Gasteiger partial charge in [-0.1, -0.05) is 36.4 Å². The summed E-state index contributed by atoms with van der Waals surface area (Å²) in [6.07, 6.45) is -3.65. The van der Waals surface area contributed by atoms with Crippen LogP contribution in [0.25, 0.3) is 21.8 Å². The normalized spacial score (nSPS) is 23.0. The summed E-state index contributed by atoms with van der Waals surface area (Å²) in [5.41, 5.74) is 2.10. The van der Waals surface area contributed by atoms with Crippen LogP contribution in [0.1, 0.15) is 79.6 Å². The van der Waals surface area contributed by atoms with Gasteiger partial charge < -0.3 is 72.2 Å². The number of alkyl halides is 3. The highest BCUT2D eigenvalue weighted by Crippen LogP contribution is 2.32. The Morgan fingerprint density at radius 3 is 1.77 bits per heavy atom. The van der Waals surface area contributed by atoms with Gasteiger partial charge in [-0.05, 0) is 103 Å². The van der Waals surface area contributed by atoms with Gasteiger partial charge in [-0.2, -0.15) is 36.7 Å². The molecule has 7 aromatic rings. The minimum Gasteiger partial charge on any atom is -0.497 e. The number of methoxy groups -OCH3 is 1. The second-order valence-corrected chi connectivity index (χ2v) is 26.8. The third kappa shape index (κ3) is 20.1. The quantitative estimate of drug-likeness (QED) is 0.0729. The van der Waals surface area contributed by atoms with E-state index in [9.17, 15) is 60.6 Å². The van der Waals surface area contributed by atoms with Crippen LogP contribution in [0.15, 0.2) is 110 Å². The van der Waals surface area contributed by atoms with Gasteiger partial charge in [0.1, 0.15) is 71.0 Å². The maximum atomic E-state index is 15.1. The smallest absolute Gasteiger partial charge is 0.391 e. The average molecular weight is 1430 g/mol. The fourth-order valence-corrected chi connectivity index (χ4v) is 13.6. The van der Waals surface area contributed by atoms with Crippen molar-refractivity contribution >= 4 is 104 Å². The number of carboxylic acid groups (broad SMARTS) is 1. The lowest BCUT2D eigenvalue weighted by Gasteiger charge is -2.36. The minimum absolute atomic E-state index is 0.122. The fraction of sp³-hybridized carbons (Fsp3) is 0.397. The van der Waals surface area contributed by atoms with E-state index in [2.05, 4.69) is 62.5 Å². The van der Waals surface area contributed by atoms with E-state index >= 15 is 14.4 Å². The highest BCUT2D eigenvalue weighted by atomic mass is 32.2. The van der Waals surface area contributed by atoms with Crippen molar-refractivity contribution in [3.63, 3.8) is 0 Å². The zero-order valence-electron chi connectivity index (χ0n) is 54.6. The molecule has 4 aromatic carbocycles. The number of aromatic nitrogens is 4. The molecule has 100 heavy (non-hydrogen) atoms. The number of benzene rings is 4. The number of amides is 9. The number of thioether (sulfide) groups is 2. The van der Waals surface area contributed by atoms with E-state index in [1.165, 1.54) is 72.5 Å². The summed E-state index contributed by atoms with van der Waals surface area (Å²) in [5, 5.41) is 30.7. The van der Waals surface area contributed by atoms with Gasteiger partial charge in [-0.15, -0.1) is 0 Å². The Balaban J connectivity index is 1.06. The summed E-state index contributed by atoms with van der Waals surface area (Å²) >= 11 is 2.83. The van der Waals surface area contributed by atoms with Crippen LogP contribution in [0.3, 0.4) is 0 Å². The number of carbonyl (C=O) groups excluding carboxylic acids is 9. The van der Waals surface area contributed by atoms with Crippen molar-refractivity contribution in [2.24, 2.45) is 0 Å². The number of aromatic amines is 3. The summed E-state index contributed by atoms with van der Waals surface area (Å²) in [5.74, 6) is -10.2. The summed E-state index contributed by atoms with van der Waals surface area (Å²) in [6.45, 7) is 3.05. The van der Waals surface area contributed by atoms with Crippen molar-refractivity contribution in [3.8, 4) is 5.75 Å². The van der Waals surface area contributed by atoms with Crippen molar-refractivity contribution in [1.82, 2.24) is 67.4 Å². The lowest BCUT2D eigenvalue weighted by molar-refractivity contribution is -0.152. The third-order valence-corrected chi connectivity index (χ3v) is 19.2. The SMILES string of the molecule is COc1ccc(C[C@@H]2NC(=O)[C@H](Cc3ncc[nH]3)NC(=O)[C@H](CC(=O)O)NC(=O)[C@H](Cc3c[nH]c4ccc(F)cc34)NC(=O)[C@H](Cc3c[nH]c4ccc(F)cc34)NC(=O)[C@@H](C)NC(=O)C(CC(F)(F)F)NC(=O)CCSCc3cccc(c3)CSCCNC(=O)[C@]3(C)CCCN3C2=O)cc1. The molecule has 2 aliphatic rings. The maximum Gasteiger partial charge on any atom is 0.391 e. The van der Waals surface area contributed by atoms with Crippen LogP contribution in [-0.2, 0) is 85.1 Å². The standard InChI is InChI=1S/C68H76F5N13O12S2/c1-37-59(90)81-50(26-41-33-77-48-14-10-43(69)28-46(41)48)60(91)82-51(27-42-34-78-49-15-11-44(70)29-47(42)49)61(92)84-53(31-58(88)89)63(94)83-52(30-56-74-18-19-75-56)62(93)85-54(25-38-8-12-45(98-3)13-9-38)65(96)86-21-5-17-67(86,2)66(97)76-20-23-100-36-40-7-4-6-39(24-40)35-99-22-16-57(87)80-55(64(95)79-37)32-68(71,72)73/h4,6-15,18-19,24,28-29,33-34,37,50-55,77-78H,5,16-17,20-23,25-27,30-32,35-36H2,1-3H3,(H,74,75)(H,76,97)(H,79,95)(H,80,87)(H,81,90)(H,82,91)(H,83,94)(H,84,92)(H,85,93)(H,88,89)/t37-,50+,51+,52+,53+,54+,55?,67+/m1/s1. The lowest BCUT2D eigenvalue weighted by Crippen LogP contribution is -2.62. The predicted octanol–water partition coefficient (Wildman–Crippen LogP) is 4.84. The number of hydrogen-bond acceptors (Lipinski definition) is 14. The van der Waals surface area contributed by atoms with E-state index in [1.807, 2.05) is 24.3 Å². The molecule has 2 bridgehead atoms. The van der Waals surface area contributed by atoms with Crippen LogP contribution < -0.4 is 47.3 Å². The van der Waals surface area contributed by atoms with E-state index in [-0.39, 0.29) is 65.8 Å². The Kier molecular flexibility index (Phi) is 25.0. The van der Waals surface area contributed by atoms with Crippen molar-refractivity contribution in [1.29, 1.82) is 0 Å². The van der Waals surface area contributed by atoms with Crippen molar-refractivity contribution in [2.75, 3.05) is 31.7 Å². The molecule has 0 spiro atoms. The number of nitrogens with one attached hydrogen (secondary N) is 11. The Bertz CT molecular complexity index is 4120. The van der Waals surface area contributed by atoms with Gasteiger partial charge in [0, 0.05) is 115 Å². The van der Waals surface area contributed by atoms with E-state index in [4.69, 9.17) is 4.74 Å². The maximum absolute atomic E-state index is 15.1. The number of aliphatic carboxylic acids is 1. The molecule has 1 saturated heterocycles. The van der Waals surface area contributed by atoms with Crippen molar-refractivity contribution in [3.05, 3.63) is 155 Å². The van der Waals surface area contributed by atoms with Crippen LogP contribution in [-0.4, -0.2) is 175 Å². The number of carboxylic acids is 1. The van der Waals surface area contributed by atoms with Gasteiger partial charge in [-0.25, -0.2) is 13.8 Å². The zero-order chi connectivity index (χ0) is 71.8. The molecule has 25 nitrogen and oxygen atoms in total. The van der Waals surface area contributed by atoms with Crippen LogP contribution in [0, 0.1) is 11.6 Å². The molecule has 5 heterocycles. The molecule has 1 fully saturated rings. The number of nitrogens with zero attached hydrogens (tertiary/aromatic N) is 2. The summed E-state index contributed by atoms with van der Waals surface area (Å²) in [6, 6.07) is 8.74. The summed E-state index contributed by atoms with van der Waals surface area (Å²) in [7, 11) is 1.47. The van der Waals surface area contributed by atoms with Gasteiger partial charge in [0.05, 0.1) is 20.0 Å². The molecule has 0 saturated carbocycles. The van der Waals surface area contributed by atoms with E-state index < -0.39 is 157 Å². The van der Waals surface area contributed by atoms with E-state index in [1.54, 1.807) is 31.2 Å². The minimum atomic E-state index is -5.00. The van der Waals surface area contributed by atoms with Crippen molar-refractivity contribution in [2.45, 2.75) is 137 Å². The Morgan fingerprint density at radius 2 is 1.20 bits per heavy atom. The Labute approximate surface area is 578 Å². The second kappa shape index (κ2) is 33.7. The van der Waals surface area contributed by atoms with Gasteiger partial charge >= 0.3 is 12.1 Å². The molecule has 8 atom stereocenters. The Hall–Kier alpha value is -9.98. The van der Waals surface area contributed by atoms with Crippen LogP contribution >= 0.6 is 23.5 Å². The number of halogens is 5. The summed E-state index contributed by atoms with van der Waals surface area (Å²) < 4.78 is 77.5. The molecule has 9 rings (SSSR count). The first-order chi connectivity index (χ1) is 47.7. The molecule has 2 aliphatic heterocycles. The molecule has 3 aromatic heterocycles. The molecular formula is C68H76F5N13O12S2. The summed E-state index contributed by atoms with van der Waals surface area (Å²) in [4.78, 5) is 158. The monoisotopic (exact) mass is 1430 g/mol. The highest BCUT2D eigenvalue weighted by Gasteiger charge is 2.48. The van der Waals surface area contributed by atoms with Gasteiger partial charge in [0.15, 0.2) is 0 Å². The first kappa shape index (κ1) is 74.2. The number of imidazole rings is 1. The lowest BCUT2D eigenvalue weighted by atomic mass is 9.95. The topological polar surface area (TPSA) is 360 Å². The fourth-order valence-electron chi connectivity index (χ4n) is 11.9. The molecule has 1 unspecified atom stereocenters. The van der Waals surface area contributed by atoms with Gasteiger partial charge in [0.2, 0.25) is 53.2 Å². The number of H-pyrrole nitrogens is 3. The predicted molar refractivity (Wildman–Crippen MR) is 361 cm³/mol. The first-order valence-corrected chi connectivity index (χ1v) is 34.4. The van der Waals surface area contributed by atoms with Crippen molar-refractivity contribution < 1.29 is 79.7 Å². The Morgan fingerprint density at radius 1 is 0.650 bits per heavy atom. The third-order valence-electron chi connectivity index (χ3n) is 17.2. The highest BCUT2D eigenvalue weighted by molar-refractivity contribution is 7.98. The van der Waals surface area contributed by atoms with Crippen LogP contribution in [0.4, 0.5) is 22.0 Å². The van der Waals surface area contributed by atoms with Crippen LogP contribution in [0.5, 0.6) is 5.75 Å². The molecule has 9 amide bonds. The largest absolute Gasteiger partial charge is 0.497 e. The number of hydrogen-bond donors (Lipinski definition) is 12. The average Bonchev–Trinajstić information content (AvgIpc) is 1.60. The molecule has 0 radical (unpaired) electrons. The first-order valence-electron chi connectivity index (χ1n) is 32.1. The molecule has 532 valence electrons. The van der Waals surface area contributed by atoms with Gasteiger partial charge in [0.25, 0.3) is 0 Å². The van der Waals surface area contributed by atoms with Crippen LogP contribution in [0.2, 0.25) is 0 Å². The number of fused-ring (bicyclic) bond motifs is 5.